The molecule has 0 N–H and O–H groups in total. The molecule has 1 atom stereocenters. The van der Waals surface area contributed by atoms with Gasteiger partial charge in [-0.2, -0.15) is 0 Å². The van der Waals surface area contributed by atoms with Gasteiger partial charge in [-0.15, -0.1) is 0 Å². The molecule has 0 bridgehead atoms. The molecule has 194 valence electrons. The highest BCUT2D eigenvalue weighted by Gasteiger charge is 2.36. The van der Waals surface area contributed by atoms with E-state index in [0.717, 1.165) is 53.8 Å². The van der Waals surface area contributed by atoms with Crippen molar-refractivity contribution in [3.05, 3.63) is 52.7 Å². The van der Waals surface area contributed by atoms with E-state index in [4.69, 9.17) is 9.47 Å². The van der Waals surface area contributed by atoms with Gasteiger partial charge in [0.25, 0.3) is 0 Å². The SMILES string of the molecule is COC(=O)[C@@H](OC(C)(C)C)c1c(C)c2c3c(cc(C)n3CCN2CCN(C)C)c1-c1ccc(C)cc1. The lowest BCUT2D eigenvalue weighted by Gasteiger charge is -2.36. The molecule has 0 fully saturated rings. The zero-order valence-corrected chi connectivity index (χ0v) is 23.4. The number of benzene rings is 2. The van der Waals surface area contributed by atoms with Crippen LogP contribution in [0.15, 0.2) is 30.3 Å². The van der Waals surface area contributed by atoms with E-state index in [1.807, 2.05) is 20.8 Å². The Bertz CT molecular complexity index is 1270. The van der Waals surface area contributed by atoms with Crippen molar-refractivity contribution in [3.63, 3.8) is 0 Å². The number of esters is 1. The summed E-state index contributed by atoms with van der Waals surface area (Å²) < 4.78 is 14.2. The average molecular weight is 492 g/mol. The van der Waals surface area contributed by atoms with Crippen molar-refractivity contribution in [2.75, 3.05) is 45.7 Å². The Morgan fingerprint density at radius 3 is 2.33 bits per heavy atom. The molecule has 2 heterocycles. The van der Waals surface area contributed by atoms with Gasteiger partial charge in [-0.05, 0) is 78.4 Å². The molecule has 0 spiro atoms. The van der Waals surface area contributed by atoms with E-state index >= 15 is 0 Å². The van der Waals surface area contributed by atoms with Crippen molar-refractivity contribution in [2.45, 2.75) is 59.8 Å². The summed E-state index contributed by atoms with van der Waals surface area (Å²) in [4.78, 5) is 18.0. The molecule has 3 aromatic rings. The first-order chi connectivity index (χ1) is 16.9. The lowest BCUT2D eigenvalue weighted by Crippen LogP contribution is -2.38. The second kappa shape index (κ2) is 9.91. The van der Waals surface area contributed by atoms with Crippen molar-refractivity contribution < 1.29 is 14.3 Å². The number of carbonyl (C=O) groups excluding carboxylic acids is 1. The normalized spacial score (nSPS) is 14.6. The van der Waals surface area contributed by atoms with Gasteiger partial charge in [0.05, 0.1) is 23.9 Å². The van der Waals surface area contributed by atoms with Crippen LogP contribution in [0.25, 0.3) is 22.0 Å². The van der Waals surface area contributed by atoms with Crippen LogP contribution in [0.5, 0.6) is 0 Å². The first-order valence-electron chi connectivity index (χ1n) is 12.8. The Hall–Kier alpha value is -2.83. The number of methoxy groups -OCH3 is 1. The van der Waals surface area contributed by atoms with Gasteiger partial charge in [0.2, 0.25) is 0 Å². The highest BCUT2D eigenvalue weighted by molar-refractivity contribution is 6.07. The topological polar surface area (TPSA) is 46.9 Å². The molecule has 0 saturated carbocycles. The molecule has 1 aliphatic heterocycles. The minimum Gasteiger partial charge on any atom is -0.467 e. The Morgan fingerprint density at radius 2 is 1.75 bits per heavy atom. The number of rotatable bonds is 7. The van der Waals surface area contributed by atoms with Crippen molar-refractivity contribution in [3.8, 4) is 11.1 Å². The fraction of sp³-hybridized carbons (Fsp3) is 0.500. The first kappa shape index (κ1) is 26.2. The van der Waals surface area contributed by atoms with Gasteiger partial charge in [0.15, 0.2) is 6.10 Å². The molecule has 1 aromatic heterocycles. The third-order valence-electron chi connectivity index (χ3n) is 7.04. The van der Waals surface area contributed by atoms with E-state index < -0.39 is 11.7 Å². The number of ether oxygens (including phenoxy) is 2. The van der Waals surface area contributed by atoms with E-state index in [1.54, 1.807) is 0 Å². The average Bonchev–Trinajstić information content (AvgIpc) is 3.14. The molecule has 0 amide bonds. The minimum atomic E-state index is -0.840. The smallest absolute Gasteiger partial charge is 0.339 e. The van der Waals surface area contributed by atoms with Crippen molar-refractivity contribution >= 4 is 22.6 Å². The molecule has 36 heavy (non-hydrogen) atoms. The van der Waals surface area contributed by atoms with Gasteiger partial charge in [0.1, 0.15) is 0 Å². The number of aryl methyl sites for hydroxylation is 2. The Morgan fingerprint density at radius 1 is 1.08 bits per heavy atom. The van der Waals surface area contributed by atoms with Gasteiger partial charge >= 0.3 is 5.97 Å². The number of aromatic nitrogens is 1. The standard InChI is InChI=1S/C30H41N3O3/c1-19-10-12-22(13-11-19)25-23-18-20(2)33-17-16-32(15-14-31(7)8)26(27(23)33)21(3)24(25)28(29(34)35-9)36-30(4,5)6/h10-13,18,28H,14-17H2,1-9H3/t28-/m0/s1. The van der Waals surface area contributed by atoms with Crippen LogP contribution in [-0.4, -0.2) is 61.9 Å². The molecule has 0 aliphatic carbocycles. The van der Waals surface area contributed by atoms with Crippen LogP contribution >= 0.6 is 0 Å². The Kier molecular flexibility index (Phi) is 7.22. The number of likely N-dealkylation sites (N-methyl/N-ethyl adjacent to an activating group) is 1. The predicted molar refractivity (Wildman–Crippen MR) is 148 cm³/mol. The second-order valence-electron chi connectivity index (χ2n) is 11.3. The van der Waals surface area contributed by atoms with Gasteiger partial charge in [-0.3, -0.25) is 0 Å². The predicted octanol–water partition coefficient (Wildman–Crippen LogP) is 5.64. The largest absolute Gasteiger partial charge is 0.467 e. The molecule has 0 unspecified atom stereocenters. The third-order valence-corrected chi connectivity index (χ3v) is 7.04. The molecule has 2 aromatic carbocycles. The molecule has 6 heteroatoms. The summed E-state index contributed by atoms with van der Waals surface area (Å²) in [7, 11) is 5.65. The highest BCUT2D eigenvalue weighted by atomic mass is 16.6. The maximum atomic E-state index is 13.3. The fourth-order valence-corrected chi connectivity index (χ4v) is 5.36. The summed E-state index contributed by atoms with van der Waals surface area (Å²) in [5, 5.41) is 1.16. The van der Waals surface area contributed by atoms with Crippen LogP contribution in [0.2, 0.25) is 0 Å². The van der Waals surface area contributed by atoms with Gasteiger partial charge in [0, 0.05) is 42.8 Å². The summed E-state index contributed by atoms with van der Waals surface area (Å²) >= 11 is 0. The van der Waals surface area contributed by atoms with Crippen LogP contribution in [0, 0.1) is 20.8 Å². The summed E-state index contributed by atoms with van der Waals surface area (Å²) in [6.45, 7) is 16.1. The van der Waals surface area contributed by atoms with Gasteiger partial charge in [-0.25, -0.2) is 4.79 Å². The highest BCUT2D eigenvalue weighted by Crippen LogP contribution is 2.48. The Balaban J connectivity index is 2.10. The van der Waals surface area contributed by atoms with E-state index in [0.29, 0.717) is 0 Å². The molecular formula is C30H41N3O3. The van der Waals surface area contributed by atoms with Crippen molar-refractivity contribution in [1.29, 1.82) is 0 Å². The van der Waals surface area contributed by atoms with Crippen LogP contribution < -0.4 is 4.90 Å². The third kappa shape index (κ3) is 4.89. The maximum Gasteiger partial charge on any atom is 0.339 e. The minimum absolute atomic E-state index is 0.375. The molecule has 4 rings (SSSR count). The zero-order chi connectivity index (χ0) is 26.4. The van der Waals surface area contributed by atoms with Crippen LogP contribution in [0.4, 0.5) is 5.69 Å². The molecule has 6 nitrogen and oxygen atoms in total. The van der Waals surface area contributed by atoms with Gasteiger partial charge < -0.3 is 23.8 Å². The van der Waals surface area contributed by atoms with Crippen LogP contribution in [-0.2, 0) is 20.8 Å². The van der Waals surface area contributed by atoms with E-state index in [1.165, 1.54) is 29.6 Å². The second-order valence-corrected chi connectivity index (χ2v) is 11.3. The molecule has 1 aliphatic rings. The van der Waals surface area contributed by atoms with Crippen LogP contribution in [0.1, 0.15) is 49.3 Å². The fourth-order valence-electron chi connectivity index (χ4n) is 5.36. The lowest BCUT2D eigenvalue weighted by molar-refractivity contribution is -0.164. The van der Waals surface area contributed by atoms with Crippen molar-refractivity contribution in [1.82, 2.24) is 9.47 Å². The number of hydrogen-bond donors (Lipinski definition) is 0. The molecule has 0 radical (unpaired) electrons. The van der Waals surface area contributed by atoms with E-state index in [9.17, 15) is 4.79 Å². The Labute approximate surface area is 215 Å². The van der Waals surface area contributed by atoms with E-state index in [2.05, 4.69) is 79.6 Å². The van der Waals surface area contributed by atoms with Crippen LogP contribution in [0.3, 0.4) is 0 Å². The summed E-state index contributed by atoms with van der Waals surface area (Å²) in [5.74, 6) is -0.375. The molecule has 0 saturated heterocycles. The molecular weight excluding hydrogens is 450 g/mol. The first-order valence-corrected chi connectivity index (χ1v) is 12.8. The van der Waals surface area contributed by atoms with E-state index in [-0.39, 0.29) is 5.97 Å². The number of anilines is 1. The van der Waals surface area contributed by atoms with Gasteiger partial charge in [-0.1, -0.05) is 29.8 Å². The summed E-state index contributed by atoms with van der Waals surface area (Å²) in [6, 6.07) is 10.8. The summed E-state index contributed by atoms with van der Waals surface area (Å²) in [6.07, 6.45) is -0.840. The zero-order valence-electron chi connectivity index (χ0n) is 23.4. The quantitative estimate of drug-likeness (QED) is 0.400. The van der Waals surface area contributed by atoms with Crippen molar-refractivity contribution in [2.24, 2.45) is 0 Å². The number of hydrogen-bond acceptors (Lipinski definition) is 5. The summed E-state index contributed by atoms with van der Waals surface area (Å²) in [5.41, 5.74) is 8.46. The lowest BCUT2D eigenvalue weighted by atomic mass is 9.87. The number of nitrogens with zero attached hydrogens (tertiary/aromatic N) is 3. The monoisotopic (exact) mass is 491 g/mol. The number of carbonyl (C=O) groups is 1. The maximum absolute atomic E-state index is 13.3.